The summed E-state index contributed by atoms with van der Waals surface area (Å²) in [6.07, 6.45) is 1.93. The topological polar surface area (TPSA) is 50.7 Å². The average molecular weight is 361 g/mol. The van der Waals surface area contributed by atoms with E-state index >= 15 is 0 Å². The summed E-state index contributed by atoms with van der Waals surface area (Å²) in [4.78, 5) is 11.3. The minimum absolute atomic E-state index is 0.155. The van der Waals surface area contributed by atoms with Gasteiger partial charge in [0.25, 0.3) is 0 Å². The molecule has 0 fully saturated rings. The molecule has 0 spiro atoms. The number of thiol groups is 2. The van der Waals surface area contributed by atoms with E-state index in [4.69, 9.17) is 4.74 Å². The molecule has 1 N–H and O–H groups in total. The molecule has 0 bridgehead atoms. The molecule has 0 saturated heterocycles. The van der Waals surface area contributed by atoms with Gasteiger partial charge in [0.2, 0.25) is 5.91 Å². The lowest BCUT2D eigenvalue weighted by atomic mass is 10.1. The normalized spacial score (nSPS) is 10.8. The Balaban J connectivity index is 1.92. The Kier molecular flexibility index (Phi) is 7.71. The van der Waals surface area contributed by atoms with Crippen molar-refractivity contribution >= 4 is 37.4 Å². The molecular formula is C18H20N2O2S2. The van der Waals surface area contributed by atoms with Gasteiger partial charge in [0.05, 0.1) is 6.21 Å². The van der Waals surface area contributed by atoms with Gasteiger partial charge in [-0.3, -0.25) is 4.79 Å². The first kappa shape index (κ1) is 18.4. The highest BCUT2D eigenvalue weighted by Gasteiger charge is 1.99. The second kappa shape index (κ2) is 10.1. The predicted octanol–water partition coefficient (Wildman–Crippen LogP) is 3.47. The molecule has 24 heavy (non-hydrogen) atoms. The van der Waals surface area contributed by atoms with E-state index in [1.54, 1.807) is 6.21 Å². The van der Waals surface area contributed by atoms with Gasteiger partial charge >= 0.3 is 0 Å². The van der Waals surface area contributed by atoms with Crippen molar-refractivity contribution in [2.24, 2.45) is 5.10 Å². The molecule has 2 rings (SSSR count). The van der Waals surface area contributed by atoms with Crippen LogP contribution >= 0.6 is 25.3 Å². The predicted molar refractivity (Wildman–Crippen MR) is 104 cm³/mol. The molecule has 0 radical (unpaired) electrons. The van der Waals surface area contributed by atoms with Gasteiger partial charge in [0.15, 0.2) is 0 Å². The number of hydrazone groups is 1. The van der Waals surface area contributed by atoms with Gasteiger partial charge in [-0.2, -0.15) is 30.4 Å². The highest BCUT2D eigenvalue weighted by atomic mass is 32.1. The molecule has 0 aliphatic rings. The van der Waals surface area contributed by atoms with Crippen molar-refractivity contribution in [1.29, 1.82) is 0 Å². The minimum Gasteiger partial charge on any atom is -0.489 e. The van der Waals surface area contributed by atoms with Crippen LogP contribution in [0.25, 0.3) is 0 Å². The maximum absolute atomic E-state index is 11.3. The number of ether oxygens (including phenoxy) is 1. The lowest BCUT2D eigenvalue weighted by Crippen LogP contribution is -2.17. The van der Waals surface area contributed by atoms with Crippen molar-refractivity contribution < 1.29 is 9.53 Å². The van der Waals surface area contributed by atoms with Gasteiger partial charge in [-0.15, -0.1) is 0 Å². The summed E-state index contributed by atoms with van der Waals surface area (Å²) in [6, 6.07) is 15.7. The Morgan fingerprint density at radius 1 is 1.12 bits per heavy atom. The Bertz CT molecular complexity index is 705. The Hall–Kier alpha value is -1.92. The number of nitrogens with zero attached hydrogens (tertiary/aromatic N) is 1. The highest BCUT2D eigenvalue weighted by Crippen LogP contribution is 2.15. The van der Waals surface area contributed by atoms with Crippen LogP contribution in [-0.4, -0.2) is 17.9 Å². The summed E-state index contributed by atoms with van der Waals surface area (Å²) >= 11 is 8.28. The number of rotatable bonds is 8. The number of benzene rings is 2. The molecule has 0 unspecified atom stereocenters. The van der Waals surface area contributed by atoms with Crippen molar-refractivity contribution in [1.82, 2.24) is 5.43 Å². The van der Waals surface area contributed by atoms with E-state index in [-0.39, 0.29) is 5.91 Å². The monoisotopic (exact) mass is 360 g/mol. The fraction of sp³-hybridized carbons (Fsp3) is 0.222. The molecule has 2 aromatic carbocycles. The summed E-state index contributed by atoms with van der Waals surface area (Å²) in [5.41, 5.74) is 5.57. The molecular weight excluding hydrogens is 340 g/mol. The zero-order chi connectivity index (χ0) is 17.2. The van der Waals surface area contributed by atoms with E-state index in [9.17, 15) is 4.79 Å². The summed E-state index contributed by atoms with van der Waals surface area (Å²) < 4.78 is 5.81. The molecule has 4 nitrogen and oxygen atoms in total. The van der Waals surface area contributed by atoms with Crippen molar-refractivity contribution in [2.45, 2.75) is 18.8 Å². The van der Waals surface area contributed by atoms with E-state index in [2.05, 4.69) is 41.9 Å². The number of nitrogens with one attached hydrogen (secondary N) is 1. The molecule has 0 aliphatic heterocycles. The lowest BCUT2D eigenvalue weighted by Gasteiger charge is -2.08. The van der Waals surface area contributed by atoms with E-state index < -0.39 is 0 Å². The number of carbonyl (C=O) groups excluding carboxylic acids is 1. The standard InChI is InChI=1S/C18H20N2O2S2/c21-18(7-8-23)20-19-11-14-3-2-6-17(10-14)22-12-15-4-1-5-16(9-15)13-24/h1-6,9-11,23-24H,7-8,12-13H2,(H,20,21)/b19-11-. The van der Waals surface area contributed by atoms with Gasteiger partial charge in [0, 0.05) is 12.2 Å². The van der Waals surface area contributed by atoms with E-state index in [1.165, 1.54) is 0 Å². The second-order valence-corrected chi connectivity index (χ2v) is 5.87. The molecule has 2 aromatic rings. The number of hydrogen-bond acceptors (Lipinski definition) is 5. The second-order valence-electron chi connectivity index (χ2n) is 5.11. The number of hydrogen-bond donors (Lipinski definition) is 3. The lowest BCUT2D eigenvalue weighted by molar-refractivity contribution is -0.120. The largest absolute Gasteiger partial charge is 0.489 e. The summed E-state index contributed by atoms with van der Waals surface area (Å²) in [5, 5.41) is 3.92. The smallest absolute Gasteiger partial charge is 0.240 e. The fourth-order valence-electron chi connectivity index (χ4n) is 2.01. The minimum atomic E-state index is -0.155. The third kappa shape index (κ3) is 6.29. The van der Waals surface area contributed by atoms with Crippen molar-refractivity contribution in [2.75, 3.05) is 5.75 Å². The molecule has 1 amide bonds. The quantitative estimate of drug-likeness (QED) is 0.384. The van der Waals surface area contributed by atoms with E-state index in [1.807, 2.05) is 42.5 Å². The molecule has 0 aromatic heterocycles. The van der Waals surface area contributed by atoms with Crippen molar-refractivity contribution in [3.8, 4) is 5.75 Å². The maximum atomic E-state index is 11.3. The molecule has 0 saturated carbocycles. The average Bonchev–Trinajstić information content (AvgIpc) is 2.61. The highest BCUT2D eigenvalue weighted by molar-refractivity contribution is 7.80. The first-order valence-corrected chi connectivity index (χ1v) is 8.82. The molecule has 0 atom stereocenters. The van der Waals surface area contributed by atoms with Crippen LogP contribution in [0.3, 0.4) is 0 Å². The molecule has 126 valence electrons. The van der Waals surface area contributed by atoms with Crippen LogP contribution in [-0.2, 0) is 17.2 Å². The molecule has 0 aliphatic carbocycles. The van der Waals surface area contributed by atoms with Gasteiger partial charge in [0.1, 0.15) is 12.4 Å². The van der Waals surface area contributed by atoms with Crippen LogP contribution in [0.5, 0.6) is 5.75 Å². The molecule has 0 heterocycles. The van der Waals surface area contributed by atoms with Crippen LogP contribution in [0.15, 0.2) is 53.6 Å². The first-order valence-electron chi connectivity index (χ1n) is 7.55. The Morgan fingerprint density at radius 2 is 1.92 bits per heavy atom. The Labute approximate surface area is 153 Å². The summed E-state index contributed by atoms with van der Waals surface area (Å²) in [7, 11) is 0. The summed E-state index contributed by atoms with van der Waals surface area (Å²) in [5.74, 6) is 1.80. The maximum Gasteiger partial charge on any atom is 0.240 e. The van der Waals surface area contributed by atoms with Crippen molar-refractivity contribution in [3.05, 3.63) is 65.2 Å². The van der Waals surface area contributed by atoms with E-state index in [0.717, 1.165) is 22.4 Å². The van der Waals surface area contributed by atoms with Crippen LogP contribution in [0.1, 0.15) is 23.1 Å². The Morgan fingerprint density at radius 3 is 2.71 bits per heavy atom. The number of amides is 1. The molecule has 6 heteroatoms. The van der Waals surface area contributed by atoms with Crippen LogP contribution < -0.4 is 10.2 Å². The fourth-order valence-corrected chi connectivity index (χ4v) is 2.41. The van der Waals surface area contributed by atoms with Gasteiger partial charge in [-0.05, 0) is 34.6 Å². The van der Waals surface area contributed by atoms with Gasteiger partial charge in [-0.1, -0.05) is 36.4 Å². The number of carbonyl (C=O) groups is 1. The van der Waals surface area contributed by atoms with Crippen LogP contribution in [0.2, 0.25) is 0 Å². The zero-order valence-electron chi connectivity index (χ0n) is 13.2. The van der Waals surface area contributed by atoms with Gasteiger partial charge in [-0.25, -0.2) is 5.43 Å². The van der Waals surface area contributed by atoms with E-state index in [0.29, 0.717) is 24.5 Å². The van der Waals surface area contributed by atoms with Crippen molar-refractivity contribution in [3.63, 3.8) is 0 Å². The van der Waals surface area contributed by atoms with Crippen LogP contribution in [0, 0.1) is 0 Å². The zero-order valence-corrected chi connectivity index (χ0v) is 15.0. The third-order valence-electron chi connectivity index (χ3n) is 3.18. The first-order chi connectivity index (χ1) is 11.7. The summed E-state index contributed by atoms with van der Waals surface area (Å²) in [6.45, 7) is 0.487. The third-order valence-corrected chi connectivity index (χ3v) is 3.77. The SMILES string of the molecule is O=C(CCS)N/N=C\c1cccc(OCc2cccc(CS)c2)c1. The van der Waals surface area contributed by atoms with Gasteiger partial charge < -0.3 is 4.74 Å². The van der Waals surface area contributed by atoms with Crippen LogP contribution in [0.4, 0.5) is 0 Å².